The molecule has 0 aliphatic heterocycles. The van der Waals surface area contributed by atoms with Gasteiger partial charge in [0.15, 0.2) is 5.65 Å². The van der Waals surface area contributed by atoms with Crippen LogP contribution in [0.5, 0.6) is 0 Å². The number of rotatable bonds is 3. The van der Waals surface area contributed by atoms with Crippen LogP contribution in [-0.4, -0.2) is 30.8 Å². The minimum atomic E-state index is -0.610. The molecule has 3 aromatic rings. The number of nitrogen functional groups attached to an aromatic ring is 1. The third-order valence-electron chi connectivity index (χ3n) is 2.52. The van der Waals surface area contributed by atoms with E-state index in [2.05, 4.69) is 24.9 Å². The summed E-state index contributed by atoms with van der Waals surface area (Å²) in [6, 6.07) is 3.06. The fourth-order valence-corrected chi connectivity index (χ4v) is 2.45. The smallest absolute Gasteiger partial charge is 0.267 e. The number of aromatic amines is 1. The van der Waals surface area contributed by atoms with E-state index in [-0.39, 0.29) is 5.69 Å². The zero-order valence-electron chi connectivity index (χ0n) is 10.1. The lowest BCUT2D eigenvalue weighted by Crippen LogP contribution is -2.13. The van der Waals surface area contributed by atoms with Crippen molar-refractivity contribution in [2.24, 2.45) is 5.73 Å². The van der Waals surface area contributed by atoms with Gasteiger partial charge in [0.25, 0.3) is 5.91 Å². The van der Waals surface area contributed by atoms with E-state index < -0.39 is 5.91 Å². The van der Waals surface area contributed by atoms with Crippen molar-refractivity contribution in [1.82, 2.24) is 24.9 Å². The number of fused-ring (bicyclic) bond motifs is 1. The molecule has 0 saturated heterocycles. The Labute approximate surface area is 117 Å². The van der Waals surface area contributed by atoms with Gasteiger partial charge in [0.1, 0.15) is 27.6 Å². The van der Waals surface area contributed by atoms with Crippen LogP contribution in [0.15, 0.2) is 34.8 Å². The number of pyridine rings is 1. The summed E-state index contributed by atoms with van der Waals surface area (Å²) in [6.45, 7) is 0. The van der Waals surface area contributed by atoms with Crippen LogP contribution >= 0.6 is 11.8 Å². The van der Waals surface area contributed by atoms with E-state index in [1.807, 2.05) is 0 Å². The molecule has 0 aliphatic rings. The van der Waals surface area contributed by atoms with Crippen molar-refractivity contribution in [3.05, 3.63) is 30.5 Å². The van der Waals surface area contributed by atoms with Crippen molar-refractivity contribution >= 4 is 34.5 Å². The fourth-order valence-electron chi connectivity index (χ4n) is 1.58. The summed E-state index contributed by atoms with van der Waals surface area (Å²) in [5.41, 5.74) is 12.9. The molecule has 0 aliphatic carbocycles. The molecule has 0 unspecified atom stereocenters. The molecule has 0 radical (unpaired) electrons. The van der Waals surface area contributed by atoms with Crippen LogP contribution < -0.4 is 11.5 Å². The molecule has 3 heterocycles. The molecule has 3 aromatic heterocycles. The van der Waals surface area contributed by atoms with E-state index in [0.717, 1.165) is 0 Å². The number of carbonyl (C=O) groups is 1. The number of nitrogens with zero attached hydrogens (tertiary/aromatic N) is 4. The van der Waals surface area contributed by atoms with E-state index in [1.165, 1.54) is 30.5 Å². The zero-order valence-corrected chi connectivity index (χ0v) is 10.9. The molecule has 0 spiro atoms. The summed E-state index contributed by atoms with van der Waals surface area (Å²) in [4.78, 5) is 30.5. The molecule has 1 amide bonds. The molecule has 8 nitrogen and oxygen atoms in total. The minimum Gasteiger partial charge on any atom is -0.397 e. The number of primary amides is 1. The summed E-state index contributed by atoms with van der Waals surface area (Å²) in [5.74, 6) is -0.610. The number of anilines is 1. The Kier molecular flexibility index (Phi) is 2.95. The molecule has 0 atom stereocenters. The third kappa shape index (κ3) is 2.14. The number of H-pyrrole nitrogens is 1. The Bertz CT molecular complexity index is 800. The van der Waals surface area contributed by atoms with Crippen LogP contribution in [0.25, 0.3) is 11.2 Å². The first-order valence-corrected chi connectivity index (χ1v) is 6.35. The number of imidazole rings is 1. The highest BCUT2D eigenvalue weighted by atomic mass is 32.2. The maximum atomic E-state index is 11.2. The normalized spacial score (nSPS) is 10.8. The molecule has 0 saturated carbocycles. The summed E-state index contributed by atoms with van der Waals surface area (Å²) in [5, 5.41) is 1.07. The number of hydrogen-bond acceptors (Lipinski definition) is 7. The van der Waals surface area contributed by atoms with Crippen molar-refractivity contribution in [1.29, 1.82) is 0 Å². The van der Waals surface area contributed by atoms with Crippen molar-refractivity contribution in [3.8, 4) is 0 Å². The topological polar surface area (TPSA) is 136 Å². The molecule has 100 valence electrons. The average molecular weight is 287 g/mol. The van der Waals surface area contributed by atoms with E-state index in [1.54, 1.807) is 6.07 Å². The van der Waals surface area contributed by atoms with Gasteiger partial charge < -0.3 is 16.5 Å². The molecule has 20 heavy (non-hydrogen) atoms. The monoisotopic (exact) mass is 287 g/mol. The molecular weight excluding hydrogens is 278 g/mol. The summed E-state index contributed by atoms with van der Waals surface area (Å²) in [6.07, 6.45) is 2.93. The number of carbonyl (C=O) groups excluding carboxylic acids is 1. The van der Waals surface area contributed by atoms with Gasteiger partial charge >= 0.3 is 0 Å². The van der Waals surface area contributed by atoms with Crippen LogP contribution in [0.1, 0.15) is 10.5 Å². The maximum absolute atomic E-state index is 11.2. The Hall–Kier alpha value is -2.68. The molecule has 0 aromatic carbocycles. The van der Waals surface area contributed by atoms with Crippen molar-refractivity contribution in [2.75, 3.05) is 5.73 Å². The number of nitrogens with one attached hydrogen (secondary N) is 1. The van der Waals surface area contributed by atoms with Gasteiger partial charge in [0.05, 0.1) is 12.0 Å². The van der Waals surface area contributed by atoms with Gasteiger partial charge in [-0.25, -0.2) is 19.9 Å². The molecule has 3 rings (SSSR count). The van der Waals surface area contributed by atoms with Crippen LogP contribution in [0.2, 0.25) is 0 Å². The van der Waals surface area contributed by atoms with Crippen molar-refractivity contribution < 1.29 is 4.79 Å². The first-order valence-electron chi connectivity index (χ1n) is 5.53. The second-order valence-electron chi connectivity index (χ2n) is 3.84. The number of amides is 1. The zero-order chi connectivity index (χ0) is 14.1. The van der Waals surface area contributed by atoms with Gasteiger partial charge in [-0.1, -0.05) is 0 Å². The lowest BCUT2D eigenvalue weighted by atomic mass is 10.3. The van der Waals surface area contributed by atoms with E-state index in [9.17, 15) is 4.79 Å². The van der Waals surface area contributed by atoms with Gasteiger partial charge in [-0.3, -0.25) is 4.79 Å². The fraction of sp³-hybridized carbons (Fsp3) is 0. The molecule has 0 fully saturated rings. The Morgan fingerprint density at radius 1 is 1.20 bits per heavy atom. The van der Waals surface area contributed by atoms with E-state index >= 15 is 0 Å². The quantitative estimate of drug-likeness (QED) is 0.599. The highest BCUT2D eigenvalue weighted by molar-refractivity contribution is 7.99. The van der Waals surface area contributed by atoms with Gasteiger partial charge in [-0.15, -0.1) is 0 Å². The third-order valence-corrected chi connectivity index (χ3v) is 3.55. The van der Waals surface area contributed by atoms with Gasteiger partial charge in [0.2, 0.25) is 0 Å². The molecule has 5 N–H and O–H groups in total. The van der Waals surface area contributed by atoms with E-state index in [4.69, 9.17) is 11.5 Å². The highest BCUT2D eigenvalue weighted by Crippen LogP contribution is 2.31. The predicted octanol–water partition coefficient (Wildman–Crippen LogP) is 0.580. The van der Waals surface area contributed by atoms with Crippen LogP contribution in [-0.2, 0) is 0 Å². The predicted molar refractivity (Wildman–Crippen MR) is 73.0 cm³/mol. The second kappa shape index (κ2) is 4.78. The van der Waals surface area contributed by atoms with Gasteiger partial charge in [-0.2, -0.15) is 0 Å². The maximum Gasteiger partial charge on any atom is 0.267 e. The average Bonchev–Trinajstić information content (AvgIpc) is 2.90. The summed E-state index contributed by atoms with van der Waals surface area (Å²) >= 11 is 1.21. The van der Waals surface area contributed by atoms with Crippen LogP contribution in [0, 0.1) is 0 Å². The Morgan fingerprint density at radius 2 is 2.05 bits per heavy atom. The molecular formula is C11H9N7OS. The van der Waals surface area contributed by atoms with Crippen molar-refractivity contribution in [3.63, 3.8) is 0 Å². The lowest BCUT2D eigenvalue weighted by Gasteiger charge is -2.05. The second-order valence-corrected chi connectivity index (χ2v) is 4.81. The summed E-state index contributed by atoms with van der Waals surface area (Å²) < 4.78 is 0. The molecule has 0 bridgehead atoms. The van der Waals surface area contributed by atoms with Crippen LogP contribution in [0.3, 0.4) is 0 Å². The first-order chi connectivity index (χ1) is 9.65. The summed E-state index contributed by atoms with van der Waals surface area (Å²) in [7, 11) is 0. The lowest BCUT2D eigenvalue weighted by molar-refractivity contribution is 0.0995. The number of hydrogen-bond donors (Lipinski definition) is 3. The van der Waals surface area contributed by atoms with E-state index in [0.29, 0.717) is 26.9 Å². The van der Waals surface area contributed by atoms with Gasteiger partial charge in [0, 0.05) is 0 Å². The largest absolute Gasteiger partial charge is 0.397 e. The Balaban J connectivity index is 2.04. The number of aromatic nitrogens is 5. The van der Waals surface area contributed by atoms with Crippen LogP contribution in [0.4, 0.5) is 5.69 Å². The SMILES string of the molecule is NC(=O)c1ccc(N)c(Sc2ncnc3nc[nH]c23)n1. The number of nitrogens with two attached hydrogens (primary N) is 2. The highest BCUT2D eigenvalue weighted by Gasteiger charge is 2.12. The minimum absolute atomic E-state index is 0.150. The molecule has 9 heteroatoms. The Morgan fingerprint density at radius 3 is 2.85 bits per heavy atom. The van der Waals surface area contributed by atoms with Crippen molar-refractivity contribution in [2.45, 2.75) is 10.1 Å². The van der Waals surface area contributed by atoms with Gasteiger partial charge in [-0.05, 0) is 23.9 Å². The standard InChI is InChI=1S/C11H9N7OS/c12-5-1-2-6(8(13)19)18-10(5)20-11-7-9(15-3-14-7)16-4-17-11/h1-4H,12H2,(H2,13,19)(H,14,15,16,17). The first kappa shape index (κ1) is 12.4.